The minimum atomic E-state index is -1.03. The summed E-state index contributed by atoms with van der Waals surface area (Å²) in [5.74, 6) is -1.03. The molecular weight excluding hydrogens is 110 g/mol. The molecule has 1 amide bonds. The summed E-state index contributed by atoms with van der Waals surface area (Å²) in [7, 11) is 0. The Morgan fingerprint density at radius 1 is 1.88 bits per heavy atom. The van der Waals surface area contributed by atoms with Crippen LogP contribution in [0.15, 0.2) is 0 Å². The molecule has 0 fully saturated rings. The van der Waals surface area contributed by atoms with Crippen LogP contribution in [0.2, 0.25) is 0 Å². The van der Waals surface area contributed by atoms with Crippen LogP contribution in [0.3, 0.4) is 0 Å². The maximum Gasteiger partial charge on any atom is 0.325 e. The van der Waals surface area contributed by atoms with Crippen molar-refractivity contribution in [1.29, 1.82) is 0 Å². The summed E-state index contributed by atoms with van der Waals surface area (Å²) >= 11 is 0. The van der Waals surface area contributed by atoms with Crippen molar-refractivity contribution < 1.29 is 14.7 Å². The van der Waals surface area contributed by atoms with Crippen LogP contribution in [0.25, 0.3) is 0 Å². The fourth-order valence-corrected chi connectivity index (χ4v) is 0.173. The van der Waals surface area contributed by atoms with Gasteiger partial charge in [-0.3, -0.25) is 9.59 Å². The van der Waals surface area contributed by atoms with Crippen molar-refractivity contribution in [3.63, 3.8) is 0 Å². The highest BCUT2D eigenvalue weighted by atomic mass is 16.4. The molecule has 0 aromatic heterocycles. The molecule has 0 spiro atoms. The maximum atomic E-state index is 9.87. The van der Waals surface area contributed by atoms with Crippen LogP contribution in [0.1, 0.15) is 6.92 Å². The summed E-state index contributed by atoms with van der Waals surface area (Å²) in [5, 5.41) is 10.2. The van der Waals surface area contributed by atoms with Gasteiger partial charge in [0.2, 0.25) is 6.41 Å². The number of hydrogen-bond donors (Lipinski definition) is 2. The van der Waals surface area contributed by atoms with E-state index in [1.165, 1.54) is 6.92 Å². The van der Waals surface area contributed by atoms with E-state index in [0.717, 1.165) is 0 Å². The molecule has 0 unspecified atom stereocenters. The van der Waals surface area contributed by atoms with Gasteiger partial charge in [0.05, 0.1) is 0 Å². The fraction of sp³-hybridized carbons (Fsp3) is 0.500. The lowest BCUT2D eigenvalue weighted by atomic mass is 10.4. The SMILES string of the molecule is C[C@@H](NC=O)C(=O)O. The molecule has 4 heteroatoms. The number of carboxylic acids is 1. The normalized spacial score (nSPS) is 12.1. The van der Waals surface area contributed by atoms with Crippen LogP contribution < -0.4 is 5.32 Å². The molecule has 8 heavy (non-hydrogen) atoms. The maximum absolute atomic E-state index is 9.87. The zero-order chi connectivity index (χ0) is 6.57. The van der Waals surface area contributed by atoms with E-state index < -0.39 is 12.0 Å². The molecule has 4 nitrogen and oxygen atoms in total. The van der Waals surface area contributed by atoms with E-state index in [-0.39, 0.29) is 0 Å². The Hall–Kier alpha value is -1.06. The van der Waals surface area contributed by atoms with Crippen molar-refractivity contribution >= 4 is 12.4 Å². The highest BCUT2D eigenvalue weighted by Gasteiger charge is 2.06. The molecule has 1 atom stereocenters. The predicted molar refractivity (Wildman–Crippen MR) is 26.3 cm³/mol. The van der Waals surface area contributed by atoms with Gasteiger partial charge in [-0.1, -0.05) is 0 Å². The van der Waals surface area contributed by atoms with E-state index in [1.807, 2.05) is 0 Å². The number of carbonyl (C=O) groups excluding carboxylic acids is 1. The topological polar surface area (TPSA) is 66.4 Å². The third-order valence-corrected chi connectivity index (χ3v) is 0.688. The van der Waals surface area contributed by atoms with Crippen LogP contribution in [-0.2, 0) is 9.59 Å². The van der Waals surface area contributed by atoms with Crippen molar-refractivity contribution in [1.82, 2.24) is 5.32 Å². The molecule has 0 radical (unpaired) electrons. The van der Waals surface area contributed by atoms with Gasteiger partial charge in [0.25, 0.3) is 0 Å². The van der Waals surface area contributed by atoms with Crippen molar-refractivity contribution in [2.24, 2.45) is 0 Å². The number of nitrogens with one attached hydrogen (secondary N) is 1. The van der Waals surface area contributed by atoms with Crippen LogP contribution in [0.4, 0.5) is 0 Å². The highest BCUT2D eigenvalue weighted by Crippen LogP contribution is 1.75. The summed E-state index contributed by atoms with van der Waals surface area (Å²) in [6.07, 6.45) is 0.360. The summed E-state index contributed by atoms with van der Waals surface area (Å²) in [5.41, 5.74) is 0. The third kappa shape index (κ3) is 2.17. The molecular formula is C4H7NO3. The standard InChI is InChI=1S/C4H7NO3/c1-3(4(7)8)5-2-6/h2-3H,1H3,(H,5,6)(H,7,8)/t3-/m1/s1. The fourth-order valence-electron chi connectivity index (χ4n) is 0.173. The van der Waals surface area contributed by atoms with Gasteiger partial charge < -0.3 is 10.4 Å². The smallest absolute Gasteiger partial charge is 0.325 e. The number of carbonyl (C=O) groups is 2. The second-order valence-corrected chi connectivity index (χ2v) is 1.34. The van der Waals surface area contributed by atoms with E-state index in [9.17, 15) is 9.59 Å². The Kier molecular flexibility index (Phi) is 2.61. The predicted octanol–water partition coefficient (Wildman–Crippen LogP) is -0.794. The minimum absolute atomic E-state index is 0.360. The van der Waals surface area contributed by atoms with E-state index in [4.69, 9.17) is 5.11 Å². The molecule has 0 aliphatic rings. The lowest BCUT2D eigenvalue weighted by molar-refractivity contribution is -0.140. The molecule has 2 N–H and O–H groups in total. The molecule has 0 aliphatic carbocycles. The Balaban J connectivity index is 3.46. The average Bonchev–Trinajstić information content (AvgIpc) is 1.67. The van der Waals surface area contributed by atoms with Crippen molar-refractivity contribution in [2.45, 2.75) is 13.0 Å². The first-order valence-electron chi connectivity index (χ1n) is 2.11. The summed E-state index contributed by atoms with van der Waals surface area (Å²) in [6.45, 7) is 1.39. The van der Waals surface area contributed by atoms with Crippen LogP contribution in [0.5, 0.6) is 0 Å². The Labute approximate surface area is 46.5 Å². The average molecular weight is 117 g/mol. The molecule has 0 aliphatic heterocycles. The van der Waals surface area contributed by atoms with Gasteiger partial charge in [-0.15, -0.1) is 0 Å². The van der Waals surface area contributed by atoms with Gasteiger partial charge in [-0.05, 0) is 6.92 Å². The van der Waals surface area contributed by atoms with Crippen molar-refractivity contribution in [2.75, 3.05) is 0 Å². The van der Waals surface area contributed by atoms with Gasteiger partial charge >= 0.3 is 5.97 Å². The second-order valence-electron chi connectivity index (χ2n) is 1.34. The van der Waals surface area contributed by atoms with E-state index in [1.54, 1.807) is 0 Å². The quantitative estimate of drug-likeness (QED) is 0.476. The van der Waals surface area contributed by atoms with E-state index >= 15 is 0 Å². The lowest BCUT2D eigenvalue weighted by Crippen LogP contribution is -2.32. The van der Waals surface area contributed by atoms with Gasteiger partial charge in [0.1, 0.15) is 6.04 Å². The zero-order valence-electron chi connectivity index (χ0n) is 4.42. The Bertz CT molecular complexity index is 101. The van der Waals surface area contributed by atoms with Crippen LogP contribution >= 0.6 is 0 Å². The number of rotatable bonds is 3. The van der Waals surface area contributed by atoms with Crippen molar-refractivity contribution in [3.8, 4) is 0 Å². The van der Waals surface area contributed by atoms with Crippen molar-refractivity contribution in [3.05, 3.63) is 0 Å². The molecule has 0 bridgehead atoms. The first-order chi connectivity index (χ1) is 3.68. The minimum Gasteiger partial charge on any atom is -0.480 e. The summed E-state index contributed by atoms with van der Waals surface area (Å²) in [4.78, 5) is 19.4. The first kappa shape index (κ1) is 6.94. The first-order valence-corrected chi connectivity index (χ1v) is 2.11. The molecule has 0 saturated carbocycles. The van der Waals surface area contributed by atoms with Gasteiger partial charge in [0.15, 0.2) is 0 Å². The Morgan fingerprint density at radius 3 is 2.50 bits per heavy atom. The third-order valence-electron chi connectivity index (χ3n) is 0.688. The number of hydrogen-bond acceptors (Lipinski definition) is 2. The second kappa shape index (κ2) is 3.01. The van der Waals surface area contributed by atoms with Crippen LogP contribution in [0, 0.1) is 0 Å². The molecule has 0 aromatic rings. The molecule has 0 rings (SSSR count). The summed E-state index contributed by atoms with van der Waals surface area (Å²) in [6, 6.07) is -0.785. The summed E-state index contributed by atoms with van der Waals surface area (Å²) < 4.78 is 0. The number of amides is 1. The van der Waals surface area contributed by atoms with E-state index in [0.29, 0.717) is 6.41 Å². The molecule has 46 valence electrons. The molecule has 0 saturated heterocycles. The van der Waals surface area contributed by atoms with Crippen LogP contribution in [-0.4, -0.2) is 23.5 Å². The van der Waals surface area contributed by atoms with Gasteiger partial charge in [-0.2, -0.15) is 0 Å². The largest absolute Gasteiger partial charge is 0.480 e. The van der Waals surface area contributed by atoms with E-state index in [2.05, 4.69) is 5.32 Å². The monoisotopic (exact) mass is 117 g/mol. The molecule has 0 aromatic carbocycles. The zero-order valence-corrected chi connectivity index (χ0v) is 4.42. The highest BCUT2D eigenvalue weighted by molar-refractivity contribution is 5.75. The lowest BCUT2D eigenvalue weighted by Gasteiger charge is -2.00. The van der Waals surface area contributed by atoms with Gasteiger partial charge in [0, 0.05) is 0 Å². The van der Waals surface area contributed by atoms with Gasteiger partial charge in [-0.25, -0.2) is 0 Å². The molecule has 0 heterocycles. The Morgan fingerprint density at radius 2 is 2.38 bits per heavy atom. The number of carboxylic acid groups (broad SMARTS) is 1. The number of aliphatic carboxylic acids is 1.